The minimum Gasteiger partial charge on any atom is -0.449 e. The number of nitrogens with one attached hydrogen (secondary N) is 1. The fourth-order valence-electron chi connectivity index (χ4n) is 2.84. The van der Waals surface area contributed by atoms with E-state index >= 15 is 0 Å². The maximum atomic E-state index is 12.5. The number of carbonyl (C=O) groups excluding carboxylic acids is 2. The van der Waals surface area contributed by atoms with Crippen molar-refractivity contribution in [1.29, 1.82) is 0 Å². The topological polar surface area (TPSA) is 98.5 Å². The molecule has 0 saturated heterocycles. The molecule has 148 valence electrons. The third kappa shape index (κ3) is 4.73. The van der Waals surface area contributed by atoms with E-state index in [1.165, 1.54) is 19.1 Å². The molecule has 2 unspecified atom stereocenters. The van der Waals surface area contributed by atoms with Crippen LogP contribution in [0, 0.1) is 17.0 Å². The van der Waals surface area contributed by atoms with Crippen LogP contribution in [0.4, 0.5) is 11.4 Å². The molecule has 7 heteroatoms. The van der Waals surface area contributed by atoms with E-state index in [0.29, 0.717) is 11.3 Å². The Hall–Kier alpha value is -3.22. The van der Waals surface area contributed by atoms with Gasteiger partial charge >= 0.3 is 5.97 Å². The highest BCUT2D eigenvalue weighted by Crippen LogP contribution is 2.27. The van der Waals surface area contributed by atoms with Crippen molar-refractivity contribution in [2.75, 3.05) is 5.32 Å². The molecule has 0 aliphatic heterocycles. The van der Waals surface area contributed by atoms with E-state index < -0.39 is 22.9 Å². The molecule has 2 atom stereocenters. The molecule has 0 aliphatic rings. The van der Waals surface area contributed by atoms with Crippen LogP contribution < -0.4 is 5.32 Å². The van der Waals surface area contributed by atoms with Gasteiger partial charge in [-0.2, -0.15) is 0 Å². The Bertz CT molecular complexity index is 894. The predicted octanol–water partition coefficient (Wildman–Crippen LogP) is 4.60. The molecule has 1 N–H and O–H groups in total. The zero-order chi connectivity index (χ0) is 20.8. The first-order valence-corrected chi connectivity index (χ1v) is 9.11. The molecule has 2 aromatic rings. The number of benzene rings is 2. The molecule has 0 bridgehead atoms. The Morgan fingerprint density at radius 3 is 2.46 bits per heavy atom. The molecule has 7 nitrogen and oxygen atoms in total. The van der Waals surface area contributed by atoms with Crippen molar-refractivity contribution in [3.63, 3.8) is 0 Å². The van der Waals surface area contributed by atoms with Gasteiger partial charge in [-0.05, 0) is 43.4 Å². The van der Waals surface area contributed by atoms with Gasteiger partial charge in [-0.3, -0.25) is 14.9 Å². The highest BCUT2D eigenvalue weighted by molar-refractivity contribution is 6.00. The fourth-order valence-corrected chi connectivity index (χ4v) is 2.84. The molecule has 0 spiro atoms. The van der Waals surface area contributed by atoms with Gasteiger partial charge in [0, 0.05) is 11.8 Å². The summed E-state index contributed by atoms with van der Waals surface area (Å²) in [7, 11) is 0. The molecule has 1 amide bonds. The highest BCUT2D eigenvalue weighted by atomic mass is 16.6. The van der Waals surface area contributed by atoms with Gasteiger partial charge in [0.1, 0.15) is 5.56 Å². The van der Waals surface area contributed by atoms with Gasteiger partial charge in [-0.1, -0.05) is 44.2 Å². The Balaban J connectivity index is 2.16. The second-order valence-electron chi connectivity index (χ2n) is 6.66. The maximum absolute atomic E-state index is 12.5. The van der Waals surface area contributed by atoms with Crippen molar-refractivity contribution in [2.24, 2.45) is 0 Å². The lowest BCUT2D eigenvalue weighted by Crippen LogP contribution is -2.30. The van der Waals surface area contributed by atoms with Gasteiger partial charge < -0.3 is 10.1 Å². The average molecular weight is 384 g/mol. The molecule has 0 fully saturated rings. The van der Waals surface area contributed by atoms with Gasteiger partial charge in [0.05, 0.1) is 4.92 Å². The minimum absolute atomic E-state index is 0.146. The lowest BCUT2D eigenvalue weighted by Gasteiger charge is -2.18. The van der Waals surface area contributed by atoms with Crippen LogP contribution in [-0.2, 0) is 9.53 Å². The molecule has 0 aromatic heterocycles. The molecule has 0 saturated carbocycles. The first-order valence-electron chi connectivity index (χ1n) is 9.11. The standard InChI is InChI=1S/C21H24N2O5/c1-5-13(2)16-10-6-7-11-17(16)22-20(24)15(4)28-21(25)19-14(3)9-8-12-18(19)23(26)27/h6-13,15H,5H2,1-4H3,(H,22,24). The quantitative estimate of drug-likeness (QED) is 0.427. The maximum Gasteiger partial charge on any atom is 0.346 e. The molecule has 0 aliphatic carbocycles. The normalized spacial score (nSPS) is 12.7. The van der Waals surface area contributed by atoms with Crippen molar-refractivity contribution in [3.8, 4) is 0 Å². The number of hydrogen-bond donors (Lipinski definition) is 1. The lowest BCUT2D eigenvalue weighted by atomic mass is 9.97. The number of aryl methyl sites for hydroxylation is 1. The number of rotatable bonds is 7. The lowest BCUT2D eigenvalue weighted by molar-refractivity contribution is -0.385. The van der Waals surface area contributed by atoms with Gasteiger partial charge in [0.15, 0.2) is 6.10 Å². The zero-order valence-electron chi connectivity index (χ0n) is 16.4. The van der Waals surface area contributed by atoms with E-state index in [-0.39, 0.29) is 17.2 Å². The number of nitrogens with zero attached hydrogens (tertiary/aromatic N) is 1. The summed E-state index contributed by atoms with van der Waals surface area (Å²) in [5.74, 6) is -1.15. The van der Waals surface area contributed by atoms with Crippen LogP contribution >= 0.6 is 0 Å². The van der Waals surface area contributed by atoms with Gasteiger partial charge in [0.2, 0.25) is 0 Å². The fraction of sp³-hybridized carbons (Fsp3) is 0.333. The summed E-state index contributed by atoms with van der Waals surface area (Å²) in [6, 6.07) is 11.8. The Morgan fingerprint density at radius 1 is 1.14 bits per heavy atom. The summed E-state index contributed by atoms with van der Waals surface area (Å²) in [5.41, 5.74) is 1.57. The molecular weight excluding hydrogens is 360 g/mol. The number of nitro groups is 1. The van der Waals surface area contributed by atoms with E-state index in [2.05, 4.69) is 19.2 Å². The first-order chi connectivity index (χ1) is 13.3. The number of amides is 1. The molecular formula is C21H24N2O5. The second-order valence-corrected chi connectivity index (χ2v) is 6.66. The molecule has 28 heavy (non-hydrogen) atoms. The second kappa shape index (κ2) is 9.12. The van der Waals surface area contributed by atoms with Crippen molar-refractivity contribution >= 4 is 23.3 Å². The van der Waals surface area contributed by atoms with Crippen molar-refractivity contribution < 1.29 is 19.2 Å². The van der Waals surface area contributed by atoms with Crippen molar-refractivity contribution in [2.45, 2.75) is 46.1 Å². The number of nitro benzene ring substituents is 1. The summed E-state index contributed by atoms with van der Waals surface area (Å²) in [6.07, 6.45) is -0.203. The van der Waals surface area contributed by atoms with E-state index in [0.717, 1.165) is 12.0 Å². The van der Waals surface area contributed by atoms with Gasteiger partial charge in [-0.15, -0.1) is 0 Å². The SMILES string of the molecule is CCC(C)c1ccccc1NC(=O)C(C)OC(=O)c1c(C)cccc1[N+](=O)[O-]. The van der Waals surface area contributed by atoms with Crippen LogP contribution in [0.15, 0.2) is 42.5 Å². The van der Waals surface area contributed by atoms with E-state index in [1.807, 2.05) is 18.2 Å². The van der Waals surface area contributed by atoms with Gasteiger partial charge in [0.25, 0.3) is 11.6 Å². The van der Waals surface area contributed by atoms with E-state index in [9.17, 15) is 19.7 Å². The van der Waals surface area contributed by atoms with Crippen LogP contribution in [-0.4, -0.2) is 22.9 Å². The summed E-state index contributed by atoms with van der Waals surface area (Å²) >= 11 is 0. The largest absolute Gasteiger partial charge is 0.449 e. The summed E-state index contributed by atoms with van der Waals surface area (Å²) in [4.78, 5) is 35.5. The van der Waals surface area contributed by atoms with Gasteiger partial charge in [-0.25, -0.2) is 4.79 Å². The van der Waals surface area contributed by atoms with Crippen molar-refractivity contribution in [1.82, 2.24) is 0 Å². The highest BCUT2D eigenvalue weighted by Gasteiger charge is 2.27. The average Bonchev–Trinajstić information content (AvgIpc) is 2.67. The number of ether oxygens (including phenoxy) is 1. The predicted molar refractivity (Wildman–Crippen MR) is 106 cm³/mol. The van der Waals surface area contributed by atoms with Crippen LogP contribution in [0.2, 0.25) is 0 Å². The third-order valence-corrected chi connectivity index (χ3v) is 4.67. The Kier molecular flexibility index (Phi) is 6.87. The molecule has 2 rings (SSSR count). The number of hydrogen-bond acceptors (Lipinski definition) is 5. The Morgan fingerprint density at radius 2 is 1.82 bits per heavy atom. The van der Waals surface area contributed by atoms with Crippen LogP contribution in [0.3, 0.4) is 0 Å². The van der Waals surface area contributed by atoms with E-state index in [4.69, 9.17) is 4.74 Å². The number of para-hydroxylation sites is 1. The monoisotopic (exact) mass is 384 g/mol. The number of anilines is 1. The summed E-state index contributed by atoms with van der Waals surface area (Å²) < 4.78 is 5.21. The number of esters is 1. The minimum atomic E-state index is -1.11. The molecule has 0 heterocycles. The van der Waals surface area contributed by atoms with E-state index in [1.54, 1.807) is 19.1 Å². The molecule has 2 aromatic carbocycles. The van der Waals surface area contributed by atoms with Crippen molar-refractivity contribution in [3.05, 3.63) is 69.3 Å². The van der Waals surface area contributed by atoms with Crippen LogP contribution in [0.25, 0.3) is 0 Å². The summed E-state index contributed by atoms with van der Waals surface area (Å²) in [6.45, 7) is 7.13. The first kappa shape index (κ1) is 21.1. The summed E-state index contributed by atoms with van der Waals surface area (Å²) in [5, 5.41) is 14.0. The zero-order valence-corrected chi connectivity index (χ0v) is 16.4. The third-order valence-electron chi connectivity index (χ3n) is 4.67. The molecule has 0 radical (unpaired) electrons. The smallest absolute Gasteiger partial charge is 0.346 e. The van der Waals surface area contributed by atoms with Crippen LogP contribution in [0.1, 0.15) is 54.6 Å². The van der Waals surface area contributed by atoms with Crippen LogP contribution in [0.5, 0.6) is 0 Å². The number of carbonyl (C=O) groups is 2. The Labute approximate surface area is 163 Å².